The lowest BCUT2D eigenvalue weighted by Gasteiger charge is -2.38. The van der Waals surface area contributed by atoms with E-state index in [1.807, 2.05) is 6.07 Å². The molecule has 0 spiro atoms. The highest BCUT2D eigenvalue weighted by atomic mass is 19.1. The lowest BCUT2D eigenvalue weighted by molar-refractivity contribution is -0.142. The van der Waals surface area contributed by atoms with Gasteiger partial charge in [0, 0.05) is 6.20 Å². The van der Waals surface area contributed by atoms with Crippen LogP contribution in [0.25, 0.3) is 0 Å². The Morgan fingerprint density at radius 2 is 2.00 bits per heavy atom. The maximum absolute atomic E-state index is 12.8. The number of hydrogen-bond acceptors (Lipinski definition) is 4. The van der Waals surface area contributed by atoms with Gasteiger partial charge in [-0.1, -0.05) is 0 Å². The second kappa shape index (κ2) is 6.43. The van der Waals surface area contributed by atoms with Gasteiger partial charge in [0.1, 0.15) is 23.4 Å². The van der Waals surface area contributed by atoms with E-state index < -0.39 is 0 Å². The number of aromatic nitrogens is 1. The minimum Gasteiger partial charge on any atom is -0.485 e. The Balaban J connectivity index is 1.41. The average molecular weight is 302 g/mol. The van der Waals surface area contributed by atoms with Crippen LogP contribution in [0.4, 0.5) is 4.39 Å². The van der Waals surface area contributed by atoms with E-state index >= 15 is 0 Å². The van der Waals surface area contributed by atoms with Crippen molar-refractivity contribution in [2.45, 2.75) is 6.10 Å². The van der Waals surface area contributed by atoms with Crippen molar-refractivity contribution >= 4 is 5.91 Å². The number of carbonyl (C=O) groups excluding carboxylic acids is 1. The monoisotopic (exact) mass is 302 g/mol. The minimum atomic E-state index is -0.336. The fourth-order valence-electron chi connectivity index (χ4n) is 2.09. The summed E-state index contributed by atoms with van der Waals surface area (Å²) in [4.78, 5) is 17.5. The third-order valence-electron chi connectivity index (χ3n) is 3.31. The molecule has 0 unspecified atom stereocenters. The molecule has 0 atom stereocenters. The van der Waals surface area contributed by atoms with Crippen molar-refractivity contribution in [3.8, 4) is 11.5 Å². The zero-order valence-electron chi connectivity index (χ0n) is 11.8. The predicted octanol–water partition coefficient (Wildman–Crippen LogP) is 1.89. The highest BCUT2D eigenvalue weighted by molar-refractivity contribution is 5.78. The van der Waals surface area contributed by atoms with E-state index in [-0.39, 0.29) is 24.4 Å². The van der Waals surface area contributed by atoms with Crippen LogP contribution in [-0.2, 0) is 4.79 Å². The third-order valence-corrected chi connectivity index (χ3v) is 3.31. The van der Waals surface area contributed by atoms with Gasteiger partial charge in [0.25, 0.3) is 5.91 Å². The van der Waals surface area contributed by atoms with E-state index in [4.69, 9.17) is 9.47 Å². The van der Waals surface area contributed by atoms with Crippen molar-refractivity contribution in [1.29, 1.82) is 0 Å². The van der Waals surface area contributed by atoms with Gasteiger partial charge in [0.2, 0.25) is 0 Å². The molecule has 5 nitrogen and oxygen atoms in total. The summed E-state index contributed by atoms with van der Waals surface area (Å²) in [5, 5.41) is 0. The first-order chi connectivity index (χ1) is 10.7. The van der Waals surface area contributed by atoms with E-state index in [2.05, 4.69) is 4.98 Å². The van der Waals surface area contributed by atoms with Crippen molar-refractivity contribution in [2.24, 2.45) is 0 Å². The molecule has 1 fully saturated rings. The van der Waals surface area contributed by atoms with Crippen LogP contribution in [0.1, 0.15) is 0 Å². The molecular weight excluding hydrogens is 287 g/mol. The van der Waals surface area contributed by atoms with E-state index in [1.54, 1.807) is 23.4 Å². The molecule has 22 heavy (non-hydrogen) atoms. The van der Waals surface area contributed by atoms with Gasteiger partial charge in [-0.2, -0.15) is 0 Å². The van der Waals surface area contributed by atoms with Crippen LogP contribution in [0.5, 0.6) is 11.5 Å². The Morgan fingerprint density at radius 1 is 1.23 bits per heavy atom. The standard InChI is InChI=1S/C16H15FN2O3/c17-12-3-5-13(6-4-12)21-11-16(20)19-9-15(10-19)22-14-2-1-7-18-8-14/h1-8,15H,9-11H2. The van der Waals surface area contributed by atoms with E-state index in [1.165, 1.54) is 24.3 Å². The molecule has 1 amide bonds. The number of pyridine rings is 1. The molecule has 6 heteroatoms. The van der Waals surface area contributed by atoms with Crippen molar-refractivity contribution in [2.75, 3.05) is 19.7 Å². The number of carbonyl (C=O) groups is 1. The molecular formula is C16H15FN2O3. The number of hydrogen-bond donors (Lipinski definition) is 0. The Bertz CT molecular complexity index is 628. The molecule has 0 N–H and O–H groups in total. The second-order valence-electron chi connectivity index (χ2n) is 4.97. The molecule has 0 bridgehead atoms. The van der Waals surface area contributed by atoms with Gasteiger partial charge >= 0.3 is 0 Å². The summed E-state index contributed by atoms with van der Waals surface area (Å²) in [6.07, 6.45) is 3.30. The highest BCUT2D eigenvalue weighted by Crippen LogP contribution is 2.17. The summed E-state index contributed by atoms with van der Waals surface area (Å²) < 4.78 is 23.7. The summed E-state index contributed by atoms with van der Waals surface area (Å²) in [6.45, 7) is 0.992. The number of nitrogens with zero attached hydrogens (tertiary/aromatic N) is 2. The minimum absolute atomic E-state index is 0.0148. The molecule has 2 aromatic rings. The Kier molecular flexibility index (Phi) is 4.18. The van der Waals surface area contributed by atoms with Crippen molar-refractivity contribution in [3.05, 3.63) is 54.6 Å². The number of halogens is 1. The maximum Gasteiger partial charge on any atom is 0.260 e. The van der Waals surface area contributed by atoms with Gasteiger partial charge in [-0.15, -0.1) is 0 Å². The summed E-state index contributed by atoms with van der Waals surface area (Å²) in [5.41, 5.74) is 0. The van der Waals surface area contributed by atoms with Crippen LogP contribution >= 0.6 is 0 Å². The van der Waals surface area contributed by atoms with Crippen LogP contribution < -0.4 is 9.47 Å². The van der Waals surface area contributed by atoms with Crippen LogP contribution in [0.2, 0.25) is 0 Å². The van der Waals surface area contributed by atoms with Crippen LogP contribution in [-0.4, -0.2) is 41.6 Å². The normalized spacial score (nSPS) is 14.3. The molecule has 0 aliphatic carbocycles. The topological polar surface area (TPSA) is 51.7 Å². The first kappa shape index (κ1) is 14.3. The maximum atomic E-state index is 12.8. The van der Waals surface area contributed by atoms with Gasteiger partial charge in [-0.25, -0.2) is 4.39 Å². The lowest BCUT2D eigenvalue weighted by Crippen LogP contribution is -2.57. The van der Waals surface area contributed by atoms with E-state index in [0.29, 0.717) is 24.6 Å². The highest BCUT2D eigenvalue weighted by Gasteiger charge is 2.32. The fourth-order valence-corrected chi connectivity index (χ4v) is 2.09. The molecule has 1 aliphatic heterocycles. The molecule has 1 aromatic heterocycles. The van der Waals surface area contributed by atoms with Gasteiger partial charge in [-0.3, -0.25) is 9.78 Å². The van der Waals surface area contributed by atoms with E-state index in [9.17, 15) is 9.18 Å². The van der Waals surface area contributed by atoms with Crippen molar-refractivity contribution in [1.82, 2.24) is 9.88 Å². The largest absolute Gasteiger partial charge is 0.485 e. The molecule has 1 saturated heterocycles. The number of ether oxygens (including phenoxy) is 2. The first-order valence-corrected chi connectivity index (χ1v) is 6.93. The van der Waals surface area contributed by atoms with Crippen molar-refractivity contribution < 1.29 is 18.7 Å². The van der Waals surface area contributed by atoms with Crippen LogP contribution in [0.15, 0.2) is 48.8 Å². The number of benzene rings is 1. The Morgan fingerprint density at radius 3 is 2.68 bits per heavy atom. The van der Waals surface area contributed by atoms with Gasteiger partial charge in [-0.05, 0) is 36.4 Å². The van der Waals surface area contributed by atoms with Crippen molar-refractivity contribution in [3.63, 3.8) is 0 Å². The summed E-state index contributed by atoms with van der Waals surface area (Å²) in [5.74, 6) is 0.716. The molecule has 0 radical (unpaired) electrons. The van der Waals surface area contributed by atoms with Gasteiger partial charge in [0.15, 0.2) is 6.61 Å². The third kappa shape index (κ3) is 3.52. The zero-order chi connectivity index (χ0) is 15.4. The Labute approximate surface area is 127 Å². The average Bonchev–Trinajstić information content (AvgIpc) is 2.50. The zero-order valence-corrected chi connectivity index (χ0v) is 11.8. The molecule has 1 aromatic carbocycles. The van der Waals surface area contributed by atoms with E-state index in [0.717, 1.165) is 0 Å². The molecule has 114 valence electrons. The molecule has 1 aliphatic rings. The predicted molar refractivity (Wildman–Crippen MR) is 77.1 cm³/mol. The summed E-state index contributed by atoms with van der Waals surface area (Å²) in [6, 6.07) is 9.20. The fraction of sp³-hybridized carbons (Fsp3) is 0.250. The Hall–Kier alpha value is -2.63. The summed E-state index contributed by atoms with van der Waals surface area (Å²) >= 11 is 0. The number of likely N-dealkylation sites (tertiary alicyclic amines) is 1. The second-order valence-corrected chi connectivity index (χ2v) is 4.97. The lowest BCUT2D eigenvalue weighted by atomic mass is 10.1. The molecule has 0 saturated carbocycles. The van der Waals surface area contributed by atoms with Crippen LogP contribution in [0, 0.1) is 5.82 Å². The first-order valence-electron chi connectivity index (χ1n) is 6.93. The smallest absolute Gasteiger partial charge is 0.260 e. The van der Waals surface area contributed by atoms with Gasteiger partial charge < -0.3 is 14.4 Å². The molecule has 3 rings (SSSR count). The number of amides is 1. The SMILES string of the molecule is O=C(COc1ccc(F)cc1)N1CC(Oc2cccnc2)C1. The molecule has 2 heterocycles. The number of rotatable bonds is 5. The van der Waals surface area contributed by atoms with Crippen LogP contribution in [0.3, 0.4) is 0 Å². The van der Waals surface area contributed by atoms with Gasteiger partial charge in [0.05, 0.1) is 19.3 Å². The summed E-state index contributed by atoms with van der Waals surface area (Å²) in [7, 11) is 0. The quantitative estimate of drug-likeness (QED) is 0.846.